The predicted octanol–water partition coefficient (Wildman–Crippen LogP) is 3.30. The molecular weight excluding hydrogens is 412 g/mol. The van der Waals surface area contributed by atoms with Crippen molar-refractivity contribution in [2.75, 3.05) is 25.7 Å². The number of methoxy groups -OCH3 is 2. The molecule has 0 radical (unpaired) electrons. The number of benzene rings is 2. The topological polar surface area (TPSA) is 94.2 Å². The molecule has 3 rings (SSSR count). The summed E-state index contributed by atoms with van der Waals surface area (Å²) in [4.78, 5) is 39.0. The number of nitrogens with one attached hydrogen (secondary N) is 1. The zero-order valence-electron chi connectivity index (χ0n) is 18.5. The van der Waals surface area contributed by atoms with Gasteiger partial charge in [-0.05, 0) is 42.7 Å². The van der Waals surface area contributed by atoms with Crippen molar-refractivity contribution >= 4 is 23.7 Å². The van der Waals surface area contributed by atoms with E-state index in [4.69, 9.17) is 14.2 Å². The molecule has 1 N–H and O–H groups in total. The number of β-lactam (4-membered cyclic amide) rings is 1. The fourth-order valence-corrected chi connectivity index (χ4v) is 4.01. The molecule has 1 aliphatic rings. The van der Waals surface area contributed by atoms with Crippen LogP contribution in [0.3, 0.4) is 0 Å². The summed E-state index contributed by atoms with van der Waals surface area (Å²) in [6.07, 6.45) is 0.253. The number of carbonyl (C=O) groups excluding carboxylic acids is 3. The first-order chi connectivity index (χ1) is 15.4. The van der Waals surface area contributed by atoms with Crippen LogP contribution in [-0.4, -0.2) is 44.3 Å². The van der Waals surface area contributed by atoms with Gasteiger partial charge in [-0.1, -0.05) is 37.3 Å². The van der Waals surface area contributed by atoms with Crippen molar-refractivity contribution in [2.24, 2.45) is 5.92 Å². The lowest BCUT2D eigenvalue weighted by Crippen LogP contribution is -2.74. The normalized spacial score (nSPS) is 19.7. The van der Waals surface area contributed by atoms with Crippen molar-refractivity contribution in [1.29, 1.82) is 0 Å². The second-order valence-corrected chi connectivity index (χ2v) is 7.60. The Morgan fingerprint density at radius 3 is 2.38 bits per heavy atom. The molecule has 0 spiro atoms. The summed E-state index contributed by atoms with van der Waals surface area (Å²) in [5.74, 6) is -0.526. The first kappa shape index (κ1) is 23.1. The number of carbonyl (C=O) groups is 3. The molecule has 0 bridgehead atoms. The minimum atomic E-state index is -1.13. The van der Waals surface area contributed by atoms with E-state index in [1.54, 1.807) is 38.3 Å². The minimum Gasteiger partial charge on any atom is -0.497 e. The number of nitrogens with zero attached hydrogens (tertiary/aromatic N) is 1. The van der Waals surface area contributed by atoms with Gasteiger partial charge in [0.25, 0.3) is 0 Å². The van der Waals surface area contributed by atoms with Gasteiger partial charge >= 0.3 is 12.1 Å². The summed E-state index contributed by atoms with van der Waals surface area (Å²) < 4.78 is 15.4. The van der Waals surface area contributed by atoms with Crippen LogP contribution in [-0.2, 0) is 25.7 Å². The molecule has 32 heavy (non-hydrogen) atoms. The summed E-state index contributed by atoms with van der Waals surface area (Å²) in [7, 11) is 2.87. The number of amides is 2. The van der Waals surface area contributed by atoms with Gasteiger partial charge in [-0.3, -0.25) is 9.69 Å². The van der Waals surface area contributed by atoms with E-state index in [1.165, 1.54) is 12.0 Å². The van der Waals surface area contributed by atoms with Crippen LogP contribution in [0.5, 0.6) is 5.75 Å². The maximum absolute atomic E-state index is 12.8. The minimum absolute atomic E-state index is 0.157. The van der Waals surface area contributed by atoms with E-state index < -0.39 is 23.5 Å². The SMILES string of the molecule is COC(=O)[C@]1(CCCNC(=O)OCc2ccccc2)[C@H](C)C(=O)N1c1ccc(OC)cc1. The fraction of sp³-hybridized carbons (Fsp3) is 0.375. The van der Waals surface area contributed by atoms with Crippen molar-refractivity contribution < 1.29 is 28.6 Å². The Balaban J connectivity index is 1.61. The highest BCUT2D eigenvalue weighted by Gasteiger charge is 2.63. The van der Waals surface area contributed by atoms with Gasteiger partial charge in [0, 0.05) is 12.2 Å². The Hall–Kier alpha value is -3.55. The third-order valence-electron chi connectivity index (χ3n) is 5.79. The maximum atomic E-state index is 12.8. The number of ether oxygens (including phenoxy) is 3. The Labute approximate surface area is 187 Å². The molecule has 8 nitrogen and oxygen atoms in total. The maximum Gasteiger partial charge on any atom is 0.407 e. The number of hydrogen-bond acceptors (Lipinski definition) is 6. The lowest BCUT2D eigenvalue weighted by molar-refractivity contribution is -0.160. The van der Waals surface area contributed by atoms with E-state index in [-0.39, 0.29) is 12.5 Å². The van der Waals surface area contributed by atoms with Crippen LogP contribution in [0.1, 0.15) is 25.3 Å². The van der Waals surface area contributed by atoms with Crippen LogP contribution in [0.25, 0.3) is 0 Å². The lowest BCUT2D eigenvalue weighted by atomic mass is 9.70. The number of rotatable bonds is 9. The quantitative estimate of drug-likeness (QED) is 0.365. The molecular formula is C24H28N2O6. The van der Waals surface area contributed by atoms with Gasteiger partial charge in [0.2, 0.25) is 5.91 Å². The summed E-state index contributed by atoms with van der Waals surface area (Å²) in [5, 5.41) is 2.69. The molecule has 8 heteroatoms. The number of hydrogen-bond donors (Lipinski definition) is 1. The van der Waals surface area contributed by atoms with Crippen molar-refractivity contribution in [1.82, 2.24) is 5.32 Å². The highest BCUT2D eigenvalue weighted by molar-refractivity contribution is 6.13. The third kappa shape index (κ3) is 4.54. The van der Waals surface area contributed by atoms with Crippen LogP contribution in [0.15, 0.2) is 54.6 Å². The molecule has 0 aromatic heterocycles. The van der Waals surface area contributed by atoms with Crippen LogP contribution in [0, 0.1) is 5.92 Å². The Morgan fingerprint density at radius 1 is 1.06 bits per heavy atom. The summed E-state index contributed by atoms with van der Waals surface area (Å²) in [6, 6.07) is 16.3. The highest BCUT2D eigenvalue weighted by Crippen LogP contribution is 2.45. The van der Waals surface area contributed by atoms with Gasteiger partial charge in [0.1, 0.15) is 12.4 Å². The zero-order chi connectivity index (χ0) is 23.1. The van der Waals surface area contributed by atoms with Gasteiger partial charge in [0.15, 0.2) is 5.54 Å². The summed E-state index contributed by atoms with van der Waals surface area (Å²) in [6.45, 7) is 2.19. The van der Waals surface area contributed by atoms with Gasteiger partial charge < -0.3 is 19.5 Å². The second kappa shape index (κ2) is 10.2. The van der Waals surface area contributed by atoms with E-state index in [2.05, 4.69) is 5.32 Å². The third-order valence-corrected chi connectivity index (χ3v) is 5.79. The van der Waals surface area contributed by atoms with Gasteiger partial charge in [0.05, 0.1) is 20.1 Å². The first-order valence-corrected chi connectivity index (χ1v) is 10.4. The van der Waals surface area contributed by atoms with Crippen molar-refractivity contribution in [3.8, 4) is 5.75 Å². The van der Waals surface area contributed by atoms with Gasteiger partial charge in [-0.15, -0.1) is 0 Å². The first-order valence-electron chi connectivity index (χ1n) is 10.4. The van der Waals surface area contributed by atoms with Gasteiger partial charge in [-0.25, -0.2) is 9.59 Å². The van der Waals surface area contributed by atoms with Crippen molar-refractivity contribution in [3.63, 3.8) is 0 Å². The van der Waals surface area contributed by atoms with E-state index >= 15 is 0 Å². The largest absolute Gasteiger partial charge is 0.497 e. The van der Waals surface area contributed by atoms with Crippen LogP contribution in [0.2, 0.25) is 0 Å². The average molecular weight is 440 g/mol. The number of alkyl carbamates (subject to hydrolysis) is 1. The zero-order valence-corrected chi connectivity index (χ0v) is 18.5. The Kier molecular flexibility index (Phi) is 7.35. The smallest absolute Gasteiger partial charge is 0.407 e. The second-order valence-electron chi connectivity index (χ2n) is 7.60. The van der Waals surface area contributed by atoms with Crippen LogP contribution >= 0.6 is 0 Å². The number of esters is 1. The van der Waals surface area contributed by atoms with E-state index in [0.29, 0.717) is 30.8 Å². The summed E-state index contributed by atoms with van der Waals surface area (Å²) in [5.41, 5.74) is 0.356. The molecule has 2 amide bonds. The van der Waals surface area contributed by atoms with E-state index in [9.17, 15) is 14.4 Å². The molecule has 1 saturated heterocycles. The van der Waals surface area contributed by atoms with E-state index in [0.717, 1.165) is 5.56 Å². The molecule has 1 heterocycles. The van der Waals surface area contributed by atoms with Crippen molar-refractivity contribution in [2.45, 2.75) is 31.9 Å². The monoisotopic (exact) mass is 440 g/mol. The van der Waals surface area contributed by atoms with E-state index in [1.807, 2.05) is 30.3 Å². The molecule has 0 unspecified atom stereocenters. The molecule has 2 atom stereocenters. The average Bonchev–Trinajstić information content (AvgIpc) is 2.84. The molecule has 2 aromatic carbocycles. The molecule has 1 fully saturated rings. The summed E-state index contributed by atoms with van der Waals surface area (Å²) >= 11 is 0. The van der Waals surface area contributed by atoms with Crippen LogP contribution in [0.4, 0.5) is 10.5 Å². The molecule has 2 aromatic rings. The molecule has 1 aliphatic heterocycles. The highest BCUT2D eigenvalue weighted by atomic mass is 16.5. The van der Waals surface area contributed by atoms with Crippen molar-refractivity contribution in [3.05, 3.63) is 60.2 Å². The number of anilines is 1. The fourth-order valence-electron chi connectivity index (χ4n) is 4.01. The predicted molar refractivity (Wildman–Crippen MR) is 118 cm³/mol. The standard InChI is InChI=1S/C24H28N2O6/c1-17-21(27)26(19-10-12-20(30-2)13-11-19)24(17,22(28)31-3)14-7-15-25-23(29)32-16-18-8-5-4-6-9-18/h4-6,8-13,17H,7,14-16H2,1-3H3,(H,25,29)/t17-,24+/m1/s1. The Morgan fingerprint density at radius 2 is 1.75 bits per heavy atom. The van der Waals surface area contributed by atoms with Gasteiger partial charge in [-0.2, -0.15) is 0 Å². The molecule has 0 aliphatic carbocycles. The molecule has 170 valence electrons. The Bertz CT molecular complexity index is 947. The van der Waals surface area contributed by atoms with Crippen LogP contribution < -0.4 is 15.0 Å². The lowest BCUT2D eigenvalue weighted by Gasteiger charge is -2.54. The molecule has 0 saturated carbocycles.